The number of anilines is 2. The maximum Gasteiger partial charge on any atom is 0.401 e. The van der Waals surface area contributed by atoms with Crippen molar-refractivity contribution in [2.24, 2.45) is 5.92 Å². The van der Waals surface area contributed by atoms with E-state index in [-0.39, 0.29) is 29.4 Å². The summed E-state index contributed by atoms with van der Waals surface area (Å²) in [5, 5.41) is 6.36. The molecule has 1 aliphatic heterocycles. The number of halogens is 3. The summed E-state index contributed by atoms with van der Waals surface area (Å²) in [5.74, 6) is 1.53. The highest BCUT2D eigenvalue weighted by Crippen LogP contribution is 2.38. The van der Waals surface area contributed by atoms with Crippen LogP contribution >= 0.6 is 11.9 Å². The van der Waals surface area contributed by atoms with Crippen LogP contribution in [0.15, 0.2) is 53.6 Å². The van der Waals surface area contributed by atoms with Crippen LogP contribution in [0.3, 0.4) is 0 Å². The van der Waals surface area contributed by atoms with Gasteiger partial charge in [0.25, 0.3) is 5.91 Å². The van der Waals surface area contributed by atoms with Crippen LogP contribution in [0.25, 0.3) is 0 Å². The standard InChI is InChI=1S/C33H44F3N7OS/c1-8-24(25-12-9-11-22(38-25)18-37-20-33(34,35)36)39-27-13-10-14-28(41-27)45-42-30(44)23-15-16-26(31(3,4)5)40-29(23)43-19-21(2)17-32(43,6)7/h9-16,21,24,37H,8,17-20H2,1-7H3,(H,39,41)(H,42,44). The van der Waals surface area contributed by atoms with E-state index < -0.39 is 12.7 Å². The third-order valence-electron chi connectivity index (χ3n) is 7.74. The molecule has 1 aliphatic rings. The summed E-state index contributed by atoms with van der Waals surface area (Å²) < 4.78 is 40.5. The predicted octanol–water partition coefficient (Wildman–Crippen LogP) is 7.45. The number of nitrogens with one attached hydrogen (secondary N) is 3. The molecular formula is C33H44F3N7OS. The number of hydrogen-bond acceptors (Lipinski definition) is 8. The average molecular weight is 644 g/mol. The lowest BCUT2D eigenvalue weighted by Crippen LogP contribution is -2.40. The molecule has 1 fully saturated rings. The number of rotatable bonds is 11. The van der Waals surface area contributed by atoms with Gasteiger partial charge in [-0.3, -0.25) is 14.5 Å². The second-order valence-corrected chi connectivity index (χ2v) is 14.1. The van der Waals surface area contributed by atoms with Crippen molar-refractivity contribution in [1.82, 2.24) is 25.0 Å². The van der Waals surface area contributed by atoms with Crippen molar-refractivity contribution in [1.29, 1.82) is 0 Å². The predicted molar refractivity (Wildman–Crippen MR) is 174 cm³/mol. The molecule has 1 saturated heterocycles. The first-order valence-corrected chi connectivity index (χ1v) is 16.1. The molecule has 3 N–H and O–H groups in total. The molecule has 0 aliphatic carbocycles. The molecule has 2 atom stereocenters. The minimum Gasteiger partial charge on any atom is -0.362 e. The zero-order valence-electron chi connectivity index (χ0n) is 27.0. The SMILES string of the molecule is CCC(Nc1cccc(SNC(=O)c2ccc(C(C)(C)C)nc2N2CC(C)CC2(C)C)n1)c1cccc(CNCC(F)(F)F)n1. The third-order valence-corrected chi connectivity index (χ3v) is 8.46. The molecule has 8 nitrogen and oxygen atoms in total. The molecule has 0 spiro atoms. The van der Waals surface area contributed by atoms with Crippen LogP contribution in [-0.4, -0.2) is 45.7 Å². The molecule has 0 bridgehead atoms. The molecule has 0 saturated carbocycles. The topological polar surface area (TPSA) is 95.1 Å². The summed E-state index contributed by atoms with van der Waals surface area (Å²) in [5.41, 5.74) is 2.39. The lowest BCUT2D eigenvalue weighted by molar-refractivity contribution is -0.125. The number of amides is 1. The Morgan fingerprint density at radius 1 is 1.07 bits per heavy atom. The van der Waals surface area contributed by atoms with Gasteiger partial charge in [0.15, 0.2) is 0 Å². The van der Waals surface area contributed by atoms with Crippen LogP contribution in [0.1, 0.15) is 94.8 Å². The van der Waals surface area contributed by atoms with Gasteiger partial charge in [-0.2, -0.15) is 13.2 Å². The van der Waals surface area contributed by atoms with Crippen LogP contribution in [0.5, 0.6) is 0 Å². The molecule has 3 aromatic heterocycles. The van der Waals surface area contributed by atoms with Gasteiger partial charge in [0.2, 0.25) is 0 Å². The number of alkyl halides is 3. The van der Waals surface area contributed by atoms with Crippen molar-refractivity contribution in [3.63, 3.8) is 0 Å². The Morgan fingerprint density at radius 2 is 1.80 bits per heavy atom. The van der Waals surface area contributed by atoms with Crippen molar-refractivity contribution in [3.8, 4) is 0 Å². The molecule has 0 aromatic carbocycles. The van der Waals surface area contributed by atoms with Gasteiger partial charge < -0.3 is 15.5 Å². The van der Waals surface area contributed by atoms with E-state index in [1.165, 1.54) is 0 Å². The molecule has 2 unspecified atom stereocenters. The van der Waals surface area contributed by atoms with Gasteiger partial charge in [0.1, 0.15) is 16.7 Å². The van der Waals surface area contributed by atoms with Gasteiger partial charge in [-0.05, 0) is 69.0 Å². The number of carbonyl (C=O) groups is 1. The van der Waals surface area contributed by atoms with E-state index in [2.05, 4.69) is 71.8 Å². The minimum atomic E-state index is -4.28. The summed E-state index contributed by atoms with van der Waals surface area (Å²) >= 11 is 1.13. The fraction of sp³-hybridized carbons (Fsp3) is 0.515. The van der Waals surface area contributed by atoms with E-state index in [0.717, 1.165) is 30.6 Å². The Morgan fingerprint density at radius 3 is 2.44 bits per heavy atom. The number of aromatic nitrogens is 3. The second kappa shape index (κ2) is 13.9. The first kappa shape index (κ1) is 34.5. The van der Waals surface area contributed by atoms with Crippen LogP contribution in [0.4, 0.5) is 24.8 Å². The molecule has 4 rings (SSSR count). The minimum absolute atomic E-state index is 0.0122. The van der Waals surface area contributed by atoms with Gasteiger partial charge in [-0.25, -0.2) is 9.97 Å². The highest BCUT2D eigenvalue weighted by Gasteiger charge is 2.39. The van der Waals surface area contributed by atoms with Crippen LogP contribution in [0, 0.1) is 5.92 Å². The fourth-order valence-electron chi connectivity index (χ4n) is 5.60. The first-order valence-electron chi connectivity index (χ1n) is 15.3. The van der Waals surface area contributed by atoms with Crippen molar-refractivity contribution in [2.45, 2.75) is 96.1 Å². The highest BCUT2D eigenvalue weighted by atomic mass is 32.2. The number of pyridine rings is 3. The smallest absolute Gasteiger partial charge is 0.362 e. The molecule has 0 radical (unpaired) electrons. The maximum absolute atomic E-state index is 13.6. The zero-order valence-corrected chi connectivity index (χ0v) is 27.9. The quantitative estimate of drug-likeness (QED) is 0.186. The van der Waals surface area contributed by atoms with E-state index in [4.69, 9.17) is 4.98 Å². The van der Waals surface area contributed by atoms with Gasteiger partial charge in [-0.15, -0.1) is 0 Å². The van der Waals surface area contributed by atoms with Gasteiger partial charge >= 0.3 is 6.18 Å². The summed E-state index contributed by atoms with van der Waals surface area (Å²) in [6.07, 6.45) is -2.59. The van der Waals surface area contributed by atoms with Gasteiger partial charge in [-0.1, -0.05) is 46.8 Å². The van der Waals surface area contributed by atoms with Crippen molar-refractivity contribution in [3.05, 3.63) is 71.2 Å². The largest absolute Gasteiger partial charge is 0.401 e. The van der Waals surface area contributed by atoms with Crippen molar-refractivity contribution in [2.75, 3.05) is 23.3 Å². The number of hydrogen-bond donors (Lipinski definition) is 3. The molecule has 3 aromatic rings. The van der Waals surface area contributed by atoms with Gasteiger partial charge in [0, 0.05) is 41.7 Å². The summed E-state index contributed by atoms with van der Waals surface area (Å²) in [6.45, 7) is 14.7. The Labute approximate surface area is 268 Å². The third kappa shape index (κ3) is 9.32. The summed E-state index contributed by atoms with van der Waals surface area (Å²) in [7, 11) is 0. The van der Waals surface area contributed by atoms with E-state index in [1.807, 2.05) is 43.3 Å². The molecule has 244 valence electrons. The van der Waals surface area contributed by atoms with E-state index in [9.17, 15) is 18.0 Å². The Bertz CT molecular complexity index is 1480. The lowest BCUT2D eigenvalue weighted by atomic mass is 9.91. The molecule has 45 heavy (non-hydrogen) atoms. The van der Waals surface area contributed by atoms with E-state index in [0.29, 0.717) is 46.0 Å². The lowest BCUT2D eigenvalue weighted by Gasteiger charge is -2.34. The Hall–Kier alpha value is -3.38. The number of nitrogens with zero attached hydrogens (tertiary/aromatic N) is 4. The average Bonchev–Trinajstić information content (AvgIpc) is 3.24. The zero-order chi connectivity index (χ0) is 33.0. The monoisotopic (exact) mass is 643 g/mol. The first-order chi connectivity index (χ1) is 21.1. The Balaban J connectivity index is 1.46. The summed E-state index contributed by atoms with van der Waals surface area (Å²) in [6, 6.07) is 14.4. The van der Waals surface area contributed by atoms with Crippen LogP contribution in [0.2, 0.25) is 0 Å². The van der Waals surface area contributed by atoms with Crippen LogP contribution < -0.4 is 20.3 Å². The number of carbonyl (C=O) groups excluding carboxylic acids is 1. The highest BCUT2D eigenvalue weighted by molar-refractivity contribution is 7.97. The van der Waals surface area contributed by atoms with Crippen molar-refractivity contribution >= 4 is 29.5 Å². The second-order valence-electron chi connectivity index (χ2n) is 13.3. The summed E-state index contributed by atoms with van der Waals surface area (Å²) in [4.78, 5) is 30.1. The molecule has 4 heterocycles. The molecule has 12 heteroatoms. The molecular weight excluding hydrogens is 599 g/mol. The fourth-order valence-corrected chi connectivity index (χ4v) is 6.20. The molecule has 1 amide bonds. The normalized spacial score (nSPS) is 17.3. The van der Waals surface area contributed by atoms with E-state index >= 15 is 0 Å². The van der Waals surface area contributed by atoms with Gasteiger partial charge in [0.05, 0.1) is 29.5 Å². The van der Waals surface area contributed by atoms with Crippen LogP contribution in [-0.2, 0) is 12.0 Å². The Kier molecular flexibility index (Phi) is 10.7. The van der Waals surface area contributed by atoms with Crippen molar-refractivity contribution < 1.29 is 18.0 Å². The van der Waals surface area contributed by atoms with E-state index in [1.54, 1.807) is 12.1 Å². The maximum atomic E-state index is 13.6.